The Bertz CT molecular complexity index is 688. The predicted molar refractivity (Wildman–Crippen MR) is 83.3 cm³/mol. The van der Waals surface area contributed by atoms with Gasteiger partial charge in [-0.15, -0.1) is 0 Å². The Kier molecular flexibility index (Phi) is 3.45. The van der Waals surface area contributed by atoms with E-state index in [1.807, 2.05) is 23.0 Å². The number of ether oxygens (including phenoxy) is 2. The first-order valence-corrected chi connectivity index (χ1v) is 7.12. The average molecular weight is 287 g/mol. The van der Waals surface area contributed by atoms with E-state index in [0.29, 0.717) is 6.61 Å². The molecule has 0 N–H and O–H groups in total. The van der Waals surface area contributed by atoms with Gasteiger partial charge >= 0.3 is 0 Å². The van der Waals surface area contributed by atoms with Crippen molar-refractivity contribution in [2.24, 2.45) is 10.4 Å². The molecule has 0 bridgehead atoms. The second-order valence-electron chi connectivity index (χ2n) is 6.14. The zero-order valence-corrected chi connectivity index (χ0v) is 13.0. The third-order valence-corrected chi connectivity index (χ3v) is 4.13. The zero-order valence-electron chi connectivity index (χ0n) is 13.0. The zero-order chi connectivity index (χ0) is 15.0. The van der Waals surface area contributed by atoms with E-state index in [1.54, 1.807) is 14.2 Å². The normalized spacial score (nSPS) is 18.0. The van der Waals surface area contributed by atoms with Crippen LogP contribution < -0.4 is 4.74 Å². The highest BCUT2D eigenvalue weighted by molar-refractivity contribution is 5.99. The number of aromatic nitrogens is 2. The highest BCUT2D eigenvalue weighted by atomic mass is 16.5. The lowest BCUT2D eigenvalue weighted by molar-refractivity contribution is 0.0797. The second kappa shape index (κ2) is 5.15. The molecule has 1 atom stereocenters. The smallest absolute Gasteiger partial charge is 0.146 e. The van der Waals surface area contributed by atoms with Crippen LogP contribution in [0.2, 0.25) is 0 Å². The Morgan fingerprint density at radius 2 is 2.14 bits per heavy atom. The summed E-state index contributed by atoms with van der Waals surface area (Å²) in [6.07, 6.45) is 1.93. The summed E-state index contributed by atoms with van der Waals surface area (Å²) in [5, 5.41) is 5.79. The maximum Gasteiger partial charge on any atom is 0.146 e. The third kappa shape index (κ3) is 2.31. The number of aliphatic imine (C=N–C) groups is 1. The van der Waals surface area contributed by atoms with Crippen LogP contribution in [-0.4, -0.2) is 42.9 Å². The number of fused-ring (bicyclic) bond motifs is 3. The molecule has 0 fully saturated rings. The van der Waals surface area contributed by atoms with Gasteiger partial charge in [-0.05, 0) is 6.07 Å². The van der Waals surface area contributed by atoms with Crippen LogP contribution in [0.3, 0.4) is 0 Å². The summed E-state index contributed by atoms with van der Waals surface area (Å²) in [5.41, 5.74) is 1.92. The molecule has 1 aromatic heterocycles. The minimum absolute atomic E-state index is 0.0227. The van der Waals surface area contributed by atoms with Gasteiger partial charge in [0.1, 0.15) is 11.3 Å². The number of hydrogen-bond acceptors (Lipinski definition) is 4. The van der Waals surface area contributed by atoms with Gasteiger partial charge in [0.25, 0.3) is 0 Å². The summed E-state index contributed by atoms with van der Waals surface area (Å²) in [6, 6.07) is 6.14. The molecule has 3 rings (SSSR count). The summed E-state index contributed by atoms with van der Waals surface area (Å²) in [5.74, 6) is 0.801. The highest BCUT2D eigenvalue weighted by Gasteiger charge is 2.32. The van der Waals surface area contributed by atoms with Crippen LogP contribution in [-0.2, 0) is 11.3 Å². The predicted octanol–water partition coefficient (Wildman–Crippen LogP) is 2.52. The molecule has 2 heterocycles. The van der Waals surface area contributed by atoms with E-state index in [2.05, 4.69) is 19.9 Å². The first kappa shape index (κ1) is 14.1. The molecule has 1 aromatic carbocycles. The van der Waals surface area contributed by atoms with E-state index in [9.17, 15) is 0 Å². The fourth-order valence-corrected chi connectivity index (χ4v) is 2.87. The number of hydrogen-bond donors (Lipinski definition) is 0. The van der Waals surface area contributed by atoms with E-state index >= 15 is 0 Å². The van der Waals surface area contributed by atoms with Gasteiger partial charge in [-0.25, -0.2) is 0 Å². The fourth-order valence-electron chi connectivity index (χ4n) is 2.87. The Morgan fingerprint density at radius 3 is 2.86 bits per heavy atom. The minimum atomic E-state index is -0.0227. The van der Waals surface area contributed by atoms with Crippen molar-refractivity contribution in [2.75, 3.05) is 20.8 Å². The first-order chi connectivity index (χ1) is 10.1. The summed E-state index contributed by atoms with van der Waals surface area (Å²) in [4.78, 5) is 4.73. The lowest BCUT2D eigenvalue weighted by Crippen LogP contribution is -2.38. The van der Waals surface area contributed by atoms with Crippen LogP contribution in [0, 0.1) is 5.41 Å². The van der Waals surface area contributed by atoms with Crippen LogP contribution in [0.5, 0.6) is 5.75 Å². The molecule has 0 saturated carbocycles. The van der Waals surface area contributed by atoms with Gasteiger partial charge in [-0.3, -0.25) is 9.67 Å². The van der Waals surface area contributed by atoms with E-state index < -0.39 is 0 Å². The van der Waals surface area contributed by atoms with Crippen LogP contribution in [0.25, 0.3) is 10.9 Å². The monoisotopic (exact) mass is 287 g/mol. The largest absolute Gasteiger partial charge is 0.494 e. The van der Waals surface area contributed by atoms with Crippen LogP contribution in [0.15, 0.2) is 23.2 Å². The van der Waals surface area contributed by atoms with Gasteiger partial charge < -0.3 is 9.47 Å². The van der Waals surface area contributed by atoms with Gasteiger partial charge in [0.2, 0.25) is 0 Å². The van der Waals surface area contributed by atoms with Crippen molar-refractivity contribution in [3.05, 3.63) is 23.9 Å². The number of rotatable bonds is 4. The maximum atomic E-state index is 5.40. The topological polar surface area (TPSA) is 48.6 Å². The van der Waals surface area contributed by atoms with Crippen molar-refractivity contribution < 1.29 is 9.47 Å². The van der Waals surface area contributed by atoms with Crippen molar-refractivity contribution >= 4 is 17.1 Å². The molecule has 1 aliphatic heterocycles. The lowest BCUT2D eigenvalue weighted by Gasteiger charge is -2.32. The van der Waals surface area contributed by atoms with Crippen LogP contribution in [0.1, 0.15) is 19.5 Å². The summed E-state index contributed by atoms with van der Waals surface area (Å²) >= 11 is 0. The van der Waals surface area contributed by atoms with Crippen LogP contribution in [0.4, 0.5) is 0 Å². The van der Waals surface area contributed by atoms with Crippen molar-refractivity contribution in [1.82, 2.24) is 9.78 Å². The molecule has 1 unspecified atom stereocenters. The summed E-state index contributed by atoms with van der Waals surface area (Å²) in [6.45, 7) is 5.79. The standard InChI is InChI=1S/C16H21N3O2/c1-16(2,10-20-3)14-9-19-12(8-17-14)11-6-5-7-13(21-4)15(11)18-19/h5-8,14H,9-10H2,1-4H3. The van der Waals surface area contributed by atoms with Crippen molar-refractivity contribution in [3.8, 4) is 5.75 Å². The number of nitrogens with zero attached hydrogens (tertiary/aromatic N) is 3. The fraction of sp³-hybridized carbons (Fsp3) is 0.500. The molecule has 112 valence electrons. The van der Waals surface area contributed by atoms with Crippen molar-refractivity contribution in [3.63, 3.8) is 0 Å². The van der Waals surface area contributed by atoms with Gasteiger partial charge in [0, 0.05) is 24.1 Å². The van der Waals surface area contributed by atoms with E-state index in [0.717, 1.165) is 28.9 Å². The minimum Gasteiger partial charge on any atom is -0.494 e. The van der Waals surface area contributed by atoms with Gasteiger partial charge in [-0.2, -0.15) is 5.10 Å². The van der Waals surface area contributed by atoms with Gasteiger partial charge in [0.15, 0.2) is 0 Å². The molecule has 2 aromatic rings. The van der Waals surface area contributed by atoms with Gasteiger partial charge in [0.05, 0.1) is 32.0 Å². The molecule has 0 saturated heterocycles. The number of benzene rings is 1. The second-order valence-corrected chi connectivity index (χ2v) is 6.14. The Balaban J connectivity index is 2.01. The maximum absolute atomic E-state index is 5.40. The Hall–Kier alpha value is -1.88. The number of methoxy groups -OCH3 is 2. The molecule has 0 radical (unpaired) electrons. The molecule has 0 spiro atoms. The molecule has 0 aliphatic carbocycles. The van der Waals surface area contributed by atoms with Crippen LogP contribution >= 0.6 is 0 Å². The first-order valence-electron chi connectivity index (χ1n) is 7.12. The van der Waals surface area contributed by atoms with Gasteiger partial charge in [-0.1, -0.05) is 26.0 Å². The lowest BCUT2D eigenvalue weighted by atomic mass is 9.85. The average Bonchev–Trinajstić information content (AvgIpc) is 2.84. The Labute approximate surface area is 124 Å². The summed E-state index contributed by atoms with van der Waals surface area (Å²) in [7, 11) is 3.40. The Morgan fingerprint density at radius 1 is 1.33 bits per heavy atom. The third-order valence-electron chi connectivity index (χ3n) is 4.13. The van der Waals surface area contributed by atoms with Crippen molar-refractivity contribution in [1.29, 1.82) is 0 Å². The molecular formula is C16H21N3O2. The van der Waals surface area contributed by atoms with E-state index in [1.165, 1.54) is 0 Å². The molecule has 21 heavy (non-hydrogen) atoms. The SMILES string of the molecule is COCC(C)(C)C1Cn2nc3c(OC)cccc3c2C=N1. The molecular weight excluding hydrogens is 266 g/mol. The highest BCUT2D eigenvalue weighted by Crippen LogP contribution is 2.31. The molecule has 0 amide bonds. The molecule has 5 heteroatoms. The quantitative estimate of drug-likeness (QED) is 0.868. The summed E-state index contributed by atoms with van der Waals surface area (Å²) < 4.78 is 12.7. The molecule has 5 nitrogen and oxygen atoms in total. The van der Waals surface area contributed by atoms with Crippen molar-refractivity contribution in [2.45, 2.75) is 26.4 Å². The molecule has 1 aliphatic rings. The van der Waals surface area contributed by atoms with E-state index in [-0.39, 0.29) is 11.5 Å². The van der Waals surface area contributed by atoms with E-state index in [4.69, 9.17) is 19.6 Å².